The van der Waals surface area contributed by atoms with Gasteiger partial charge in [-0.2, -0.15) is 0 Å². The maximum absolute atomic E-state index is 6.05. The van der Waals surface area contributed by atoms with Gasteiger partial charge in [0.2, 0.25) is 0 Å². The van der Waals surface area contributed by atoms with Gasteiger partial charge in [0.1, 0.15) is 16.5 Å². The van der Waals surface area contributed by atoms with Crippen LogP contribution in [0, 0.1) is 13.8 Å². The van der Waals surface area contributed by atoms with Crippen molar-refractivity contribution in [3.8, 4) is 11.5 Å². The van der Waals surface area contributed by atoms with Gasteiger partial charge in [-0.25, -0.2) is 0 Å². The zero-order valence-electron chi connectivity index (χ0n) is 11.9. The summed E-state index contributed by atoms with van der Waals surface area (Å²) >= 11 is 5.09. The van der Waals surface area contributed by atoms with Crippen LogP contribution in [0.3, 0.4) is 0 Å². The van der Waals surface area contributed by atoms with Crippen molar-refractivity contribution in [2.45, 2.75) is 27.2 Å². The quantitative estimate of drug-likeness (QED) is 0.871. The summed E-state index contributed by atoms with van der Waals surface area (Å²) in [6.07, 6.45) is 0.811. The largest absolute Gasteiger partial charge is 0.454 e. The van der Waals surface area contributed by atoms with Gasteiger partial charge in [0.25, 0.3) is 0 Å². The second-order valence-corrected chi connectivity index (χ2v) is 5.11. The lowest BCUT2D eigenvalue weighted by molar-refractivity contribution is 0.468. The minimum absolute atomic E-state index is 0.335. The summed E-state index contributed by atoms with van der Waals surface area (Å²) in [6.45, 7) is 6.00. The predicted octanol–water partition coefficient (Wildman–Crippen LogP) is 3.69. The van der Waals surface area contributed by atoms with Crippen LogP contribution in [0.2, 0.25) is 0 Å². The number of nitrogens with zero attached hydrogens (tertiary/aromatic N) is 1. The fourth-order valence-electron chi connectivity index (χ4n) is 2.04. The number of pyridine rings is 1. The number of aromatic nitrogens is 1. The number of para-hydroxylation sites is 1. The molecule has 0 aliphatic carbocycles. The van der Waals surface area contributed by atoms with Gasteiger partial charge in [0, 0.05) is 5.69 Å². The molecule has 4 heteroatoms. The molecule has 0 unspecified atom stereocenters. The molecule has 2 N–H and O–H groups in total. The average molecular weight is 286 g/mol. The number of rotatable bonds is 4. The number of nitrogens with two attached hydrogens (primary N) is 1. The molecule has 0 aliphatic rings. The normalized spacial score (nSPS) is 10.3. The average Bonchev–Trinajstić information content (AvgIpc) is 2.42. The lowest BCUT2D eigenvalue weighted by atomic mass is 10.1. The van der Waals surface area contributed by atoms with Crippen LogP contribution in [0.25, 0.3) is 0 Å². The van der Waals surface area contributed by atoms with Gasteiger partial charge in [0.05, 0.1) is 11.3 Å². The van der Waals surface area contributed by atoms with Crippen LogP contribution in [-0.2, 0) is 6.42 Å². The third kappa shape index (κ3) is 2.96. The first-order valence-electron chi connectivity index (χ1n) is 6.56. The standard InChI is InChI=1S/C16H18N2OS/c1-4-13-14(9-8-11(3)18-13)19-15-10(2)6-5-7-12(15)16(17)20/h5-9H,4H2,1-3H3,(H2,17,20). The van der Waals surface area contributed by atoms with Gasteiger partial charge < -0.3 is 10.5 Å². The smallest absolute Gasteiger partial charge is 0.148 e. The van der Waals surface area contributed by atoms with Gasteiger partial charge in [-0.15, -0.1) is 0 Å². The molecule has 0 saturated heterocycles. The summed E-state index contributed by atoms with van der Waals surface area (Å²) in [5.41, 5.74) is 9.43. The van der Waals surface area contributed by atoms with E-state index in [4.69, 9.17) is 22.7 Å². The fraction of sp³-hybridized carbons (Fsp3) is 0.250. The van der Waals surface area contributed by atoms with E-state index < -0.39 is 0 Å². The van der Waals surface area contributed by atoms with Gasteiger partial charge in [-0.3, -0.25) is 4.98 Å². The molecule has 104 valence electrons. The lowest BCUT2D eigenvalue weighted by Crippen LogP contribution is -2.11. The Balaban J connectivity index is 2.47. The van der Waals surface area contributed by atoms with E-state index in [0.29, 0.717) is 10.7 Å². The molecule has 0 aliphatic heterocycles. The van der Waals surface area contributed by atoms with Gasteiger partial charge >= 0.3 is 0 Å². The van der Waals surface area contributed by atoms with E-state index in [1.165, 1.54) is 0 Å². The molecule has 1 aromatic carbocycles. The second kappa shape index (κ2) is 6.01. The lowest BCUT2D eigenvalue weighted by Gasteiger charge is -2.15. The van der Waals surface area contributed by atoms with E-state index in [2.05, 4.69) is 11.9 Å². The van der Waals surface area contributed by atoms with Crippen molar-refractivity contribution in [3.05, 3.63) is 52.8 Å². The van der Waals surface area contributed by atoms with Gasteiger partial charge in [0.15, 0.2) is 0 Å². The van der Waals surface area contributed by atoms with Gasteiger partial charge in [-0.05, 0) is 44.0 Å². The van der Waals surface area contributed by atoms with Crippen LogP contribution in [0.15, 0.2) is 30.3 Å². The molecule has 0 spiro atoms. The summed E-state index contributed by atoms with van der Waals surface area (Å²) < 4.78 is 6.05. The SMILES string of the molecule is CCc1nc(C)ccc1Oc1c(C)cccc1C(N)=S. The van der Waals surface area contributed by atoms with E-state index in [1.807, 2.05) is 44.2 Å². The number of hydrogen-bond donors (Lipinski definition) is 1. The highest BCUT2D eigenvalue weighted by Crippen LogP contribution is 2.31. The highest BCUT2D eigenvalue weighted by Gasteiger charge is 2.13. The first-order valence-corrected chi connectivity index (χ1v) is 6.97. The Labute approximate surface area is 124 Å². The molecule has 2 aromatic rings. The topological polar surface area (TPSA) is 48.1 Å². The van der Waals surface area contributed by atoms with Crippen LogP contribution in [0.5, 0.6) is 11.5 Å². The zero-order chi connectivity index (χ0) is 14.7. The summed E-state index contributed by atoms with van der Waals surface area (Å²) in [4.78, 5) is 4.84. The van der Waals surface area contributed by atoms with E-state index in [-0.39, 0.29) is 0 Å². The van der Waals surface area contributed by atoms with Crippen LogP contribution < -0.4 is 10.5 Å². The van der Waals surface area contributed by atoms with Crippen molar-refractivity contribution in [2.24, 2.45) is 5.73 Å². The highest BCUT2D eigenvalue weighted by molar-refractivity contribution is 7.80. The first-order chi connectivity index (χ1) is 9.52. The Morgan fingerprint density at radius 2 is 2.00 bits per heavy atom. The highest BCUT2D eigenvalue weighted by atomic mass is 32.1. The number of benzene rings is 1. The third-order valence-corrected chi connectivity index (χ3v) is 3.32. The molecule has 0 atom stereocenters. The molecule has 1 heterocycles. The van der Waals surface area contributed by atoms with E-state index in [9.17, 15) is 0 Å². The molecule has 3 nitrogen and oxygen atoms in total. The zero-order valence-corrected chi connectivity index (χ0v) is 12.8. The summed E-state index contributed by atoms with van der Waals surface area (Å²) in [7, 11) is 0. The van der Waals surface area contributed by atoms with E-state index >= 15 is 0 Å². The van der Waals surface area contributed by atoms with Crippen molar-refractivity contribution in [3.63, 3.8) is 0 Å². The number of aryl methyl sites for hydroxylation is 3. The molecule has 1 aromatic heterocycles. The van der Waals surface area contributed by atoms with Crippen LogP contribution in [0.1, 0.15) is 29.4 Å². The van der Waals surface area contributed by atoms with Gasteiger partial charge in [-0.1, -0.05) is 31.3 Å². The molecule has 0 amide bonds. The van der Waals surface area contributed by atoms with Crippen molar-refractivity contribution < 1.29 is 4.74 Å². The Hall–Kier alpha value is -1.94. The fourth-order valence-corrected chi connectivity index (χ4v) is 2.20. The summed E-state index contributed by atoms with van der Waals surface area (Å²) in [5, 5.41) is 0. The van der Waals surface area contributed by atoms with Crippen molar-refractivity contribution in [2.75, 3.05) is 0 Å². The summed E-state index contributed by atoms with van der Waals surface area (Å²) in [6, 6.07) is 9.65. The molecule has 0 bridgehead atoms. The maximum atomic E-state index is 6.05. The summed E-state index contributed by atoms with van der Waals surface area (Å²) in [5.74, 6) is 1.46. The van der Waals surface area contributed by atoms with Crippen molar-refractivity contribution in [1.29, 1.82) is 0 Å². The molecular weight excluding hydrogens is 268 g/mol. The Bertz CT molecular complexity index is 653. The minimum Gasteiger partial charge on any atom is -0.454 e. The minimum atomic E-state index is 0.335. The third-order valence-electron chi connectivity index (χ3n) is 3.10. The van der Waals surface area contributed by atoms with Crippen LogP contribution in [0.4, 0.5) is 0 Å². The molecular formula is C16H18N2OS. The van der Waals surface area contributed by atoms with Crippen molar-refractivity contribution >= 4 is 17.2 Å². The van der Waals surface area contributed by atoms with Crippen LogP contribution in [-0.4, -0.2) is 9.97 Å². The molecule has 0 radical (unpaired) electrons. The molecule has 0 saturated carbocycles. The number of thiocarbonyl (C=S) groups is 1. The first kappa shape index (κ1) is 14.5. The van der Waals surface area contributed by atoms with E-state index in [0.717, 1.165) is 34.7 Å². The molecule has 0 fully saturated rings. The van der Waals surface area contributed by atoms with E-state index in [1.54, 1.807) is 0 Å². The Kier molecular flexibility index (Phi) is 4.35. The monoisotopic (exact) mass is 286 g/mol. The van der Waals surface area contributed by atoms with Crippen LogP contribution >= 0.6 is 12.2 Å². The number of hydrogen-bond acceptors (Lipinski definition) is 3. The second-order valence-electron chi connectivity index (χ2n) is 4.67. The predicted molar refractivity (Wildman–Crippen MR) is 85.5 cm³/mol. The maximum Gasteiger partial charge on any atom is 0.148 e. The molecule has 2 rings (SSSR count). The molecule has 20 heavy (non-hydrogen) atoms. The van der Waals surface area contributed by atoms with Crippen molar-refractivity contribution in [1.82, 2.24) is 4.98 Å². The Morgan fingerprint density at radius 3 is 2.65 bits per heavy atom. The number of ether oxygens (including phenoxy) is 1. The Morgan fingerprint density at radius 1 is 1.25 bits per heavy atom.